The van der Waals surface area contributed by atoms with Crippen molar-refractivity contribution in [3.63, 3.8) is 0 Å². The van der Waals surface area contributed by atoms with Crippen LogP contribution in [0.25, 0.3) is 11.0 Å². The van der Waals surface area contributed by atoms with Crippen molar-refractivity contribution < 1.29 is 9.90 Å². The van der Waals surface area contributed by atoms with Crippen LogP contribution in [0.15, 0.2) is 48.5 Å². The zero-order valence-corrected chi connectivity index (χ0v) is 10.6. The third kappa shape index (κ3) is 3.26. The van der Waals surface area contributed by atoms with E-state index in [0.29, 0.717) is 11.6 Å². The van der Waals surface area contributed by atoms with Crippen LogP contribution in [-0.2, 0) is 0 Å². The largest absolute Gasteiger partial charge is 0.478 e. The highest BCUT2D eigenvalue weighted by Crippen LogP contribution is 2.10. The van der Waals surface area contributed by atoms with Crippen LogP contribution in [0, 0.1) is 0 Å². The van der Waals surface area contributed by atoms with Crippen LogP contribution < -0.4 is 11.5 Å². The lowest BCUT2D eigenvalue weighted by Gasteiger charge is -1.93. The van der Waals surface area contributed by atoms with Crippen LogP contribution >= 0.6 is 0 Å². The quantitative estimate of drug-likeness (QED) is 0.505. The van der Waals surface area contributed by atoms with Gasteiger partial charge in [-0.15, -0.1) is 0 Å². The van der Waals surface area contributed by atoms with Crippen molar-refractivity contribution >= 4 is 28.6 Å². The van der Waals surface area contributed by atoms with E-state index in [0.717, 1.165) is 11.0 Å². The first-order valence-corrected chi connectivity index (χ1v) is 5.85. The molecule has 0 aliphatic heterocycles. The molecule has 6 N–H and O–H groups in total. The number of carboxylic acids is 1. The monoisotopic (exact) mass is 270 g/mol. The second-order valence-electron chi connectivity index (χ2n) is 4.07. The predicted molar refractivity (Wildman–Crippen MR) is 78.3 cm³/mol. The molecule has 2 aromatic carbocycles. The Morgan fingerprint density at radius 3 is 2.45 bits per heavy atom. The molecule has 6 heteroatoms. The number of hydrogen-bond donors (Lipinski definition) is 4. The average molecular weight is 270 g/mol. The molecule has 0 aliphatic rings. The van der Waals surface area contributed by atoms with Crippen molar-refractivity contribution in [1.82, 2.24) is 9.97 Å². The number of carbonyl (C=O) groups is 1. The van der Waals surface area contributed by atoms with E-state index in [1.807, 2.05) is 24.3 Å². The Balaban J connectivity index is 0.000000147. The highest BCUT2D eigenvalue weighted by atomic mass is 16.4. The third-order valence-corrected chi connectivity index (χ3v) is 2.54. The van der Waals surface area contributed by atoms with Gasteiger partial charge < -0.3 is 21.6 Å². The number of rotatable bonds is 1. The molecule has 0 radical (unpaired) electrons. The summed E-state index contributed by atoms with van der Waals surface area (Å²) in [6, 6.07) is 13.9. The topological polar surface area (TPSA) is 118 Å². The molecule has 20 heavy (non-hydrogen) atoms. The van der Waals surface area contributed by atoms with Crippen LogP contribution in [0.2, 0.25) is 0 Å². The summed E-state index contributed by atoms with van der Waals surface area (Å²) in [7, 11) is 0. The number of nitrogens with two attached hydrogens (primary N) is 2. The summed E-state index contributed by atoms with van der Waals surface area (Å²) in [5, 5.41) is 8.45. The Kier molecular flexibility index (Phi) is 3.85. The Hall–Kier alpha value is -3.02. The summed E-state index contributed by atoms with van der Waals surface area (Å²) < 4.78 is 0. The minimum atomic E-state index is -0.952. The van der Waals surface area contributed by atoms with Crippen LogP contribution in [0.3, 0.4) is 0 Å². The smallest absolute Gasteiger partial charge is 0.335 e. The molecule has 1 aromatic heterocycles. The van der Waals surface area contributed by atoms with Crippen LogP contribution in [0.4, 0.5) is 11.6 Å². The number of aromatic amines is 1. The molecule has 0 unspecified atom stereocenters. The molecular formula is C14H14N4O2. The van der Waals surface area contributed by atoms with E-state index in [1.165, 1.54) is 12.1 Å². The van der Waals surface area contributed by atoms with Gasteiger partial charge in [-0.25, -0.2) is 9.78 Å². The van der Waals surface area contributed by atoms with E-state index >= 15 is 0 Å². The van der Waals surface area contributed by atoms with Crippen molar-refractivity contribution in [2.24, 2.45) is 0 Å². The van der Waals surface area contributed by atoms with Crippen molar-refractivity contribution in [3.8, 4) is 0 Å². The second-order valence-corrected chi connectivity index (χ2v) is 4.07. The lowest BCUT2D eigenvalue weighted by molar-refractivity contribution is 0.0697. The number of nitrogen functional groups attached to an aromatic ring is 2. The van der Waals surface area contributed by atoms with Gasteiger partial charge in [0.25, 0.3) is 0 Å². The number of nitrogens with one attached hydrogen (secondary N) is 1. The Labute approximate surface area is 115 Å². The molecule has 0 atom stereocenters. The average Bonchev–Trinajstić information content (AvgIpc) is 2.79. The summed E-state index contributed by atoms with van der Waals surface area (Å²) in [6.45, 7) is 0. The van der Waals surface area contributed by atoms with Crippen molar-refractivity contribution in [1.29, 1.82) is 0 Å². The number of carboxylic acid groups (broad SMARTS) is 1. The van der Waals surface area contributed by atoms with E-state index in [2.05, 4.69) is 9.97 Å². The first-order valence-electron chi connectivity index (χ1n) is 5.85. The lowest BCUT2D eigenvalue weighted by Crippen LogP contribution is -1.96. The number of benzene rings is 2. The molecule has 3 aromatic rings. The van der Waals surface area contributed by atoms with Gasteiger partial charge in [-0.1, -0.05) is 18.2 Å². The Morgan fingerprint density at radius 1 is 1.10 bits per heavy atom. The number of para-hydroxylation sites is 2. The van der Waals surface area contributed by atoms with Gasteiger partial charge in [0.2, 0.25) is 0 Å². The maximum Gasteiger partial charge on any atom is 0.335 e. The maximum absolute atomic E-state index is 10.3. The number of fused-ring (bicyclic) bond motifs is 1. The highest BCUT2D eigenvalue weighted by molar-refractivity contribution is 5.88. The fraction of sp³-hybridized carbons (Fsp3) is 0. The molecule has 6 nitrogen and oxygen atoms in total. The number of anilines is 2. The molecule has 1 heterocycles. The standard InChI is InChI=1S/C7H7N3.C7H7NO2/c8-7-9-5-3-1-2-4-6(5)10-7;8-6-3-1-2-5(4-6)7(9)10/h1-4H,(H3,8,9,10);1-4H,8H2,(H,9,10). The van der Waals surface area contributed by atoms with Gasteiger partial charge in [0.05, 0.1) is 16.6 Å². The number of hydrogen-bond acceptors (Lipinski definition) is 4. The minimum Gasteiger partial charge on any atom is -0.478 e. The fourth-order valence-corrected chi connectivity index (χ4v) is 1.64. The van der Waals surface area contributed by atoms with E-state index < -0.39 is 5.97 Å². The van der Waals surface area contributed by atoms with Gasteiger partial charge in [0.15, 0.2) is 5.95 Å². The van der Waals surface area contributed by atoms with E-state index in [9.17, 15) is 4.79 Å². The summed E-state index contributed by atoms with van der Waals surface area (Å²) in [5.41, 5.74) is 13.4. The van der Waals surface area contributed by atoms with E-state index in [1.54, 1.807) is 12.1 Å². The van der Waals surface area contributed by atoms with Gasteiger partial charge in [-0.3, -0.25) is 0 Å². The van der Waals surface area contributed by atoms with Gasteiger partial charge in [0, 0.05) is 5.69 Å². The number of nitrogens with zero attached hydrogens (tertiary/aromatic N) is 1. The molecule has 0 saturated heterocycles. The normalized spacial score (nSPS) is 9.80. The number of aromatic carboxylic acids is 1. The number of H-pyrrole nitrogens is 1. The molecular weight excluding hydrogens is 256 g/mol. The first-order chi connectivity index (χ1) is 9.56. The van der Waals surface area contributed by atoms with Crippen molar-refractivity contribution in [2.75, 3.05) is 11.5 Å². The van der Waals surface area contributed by atoms with Crippen LogP contribution in [0.1, 0.15) is 10.4 Å². The Morgan fingerprint density at radius 2 is 1.85 bits per heavy atom. The zero-order chi connectivity index (χ0) is 14.5. The van der Waals surface area contributed by atoms with Crippen LogP contribution in [-0.4, -0.2) is 21.0 Å². The molecule has 0 spiro atoms. The molecule has 102 valence electrons. The van der Waals surface area contributed by atoms with Crippen molar-refractivity contribution in [2.45, 2.75) is 0 Å². The van der Waals surface area contributed by atoms with Gasteiger partial charge in [-0.2, -0.15) is 0 Å². The zero-order valence-electron chi connectivity index (χ0n) is 10.6. The van der Waals surface area contributed by atoms with Gasteiger partial charge in [0.1, 0.15) is 0 Å². The summed E-state index contributed by atoms with van der Waals surface area (Å²) in [4.78, 5) is 17.3. The molecule has 0 aliphatic carbocycles. The lowest BCUT2D eigenvalue weighted by atomic mass is 10.2. The SMILES string of the molecule is Nc1cccc(C(=O)O)c1.Nc1nc2ccccc2[nH]1. The Bertz CT molecular complexity index is 704. The molecule has 0 bridgehead atoms. The van der Waals surface area contributed by atoms with E-state index in [-0.39, 0.29) is 5.56 Å². The van der Waals surface area contributed by atoms with E-state index in [4.69, 9.17) is 16.6 Å². The third-order valence-electron chi connectivity index (χ3n) is 2.54. The first kappa shape index (κ1) is 13.4. The fourth-order valence-electron chi connectivity index (χ4n) is 1.64. The number of imidazole rings is 1. The highest BCUT2D eigenvalue weighted by Gasteiger charge is 1.99. The van der Waals surface area contributed by atoms with Crippen molar-refractivity contribution in [3.05, 3.63) is 54.1 Å². The van der Waals surface area contributed by atoms with Gasteiger partial charge in [-0.05, 0) is 30.3 Å². The molecule has 3 rings (SSSR count). The molecule has 0 amide bonds. The maximum atomic E-state index is 10.3. The summed E-state index contributed by atoms with van der Waals surface area (Å²) in [5.74, 6) is -0.478. The summed E-state index contributed by atoms with van der Waals surface area (Å²) >= 11 is 0. The minimum absolute atomic E-state index is 0.222. The van der Waals surface area contributed by atoms with Gasteiger partial charge >= 0.3 is 5.97 Å². The predicted octanol–water partition coefficient (Wildman–Crippen LogP) is 2.11. The molecule has 0 fully saturated rings. The summed E-state index contributed by atoms with van der Waals surface area (Å²) in [6.07, 6.45) is 0. The molecule has 0 saturated carbocycles. The number of aromatic nitrogens is 2. The van der Waals surface area contributed by atoms with Crippen LogP contribution in [0.5, 0.6) is 0 Å². The second kappa shape index (κ2) is 5.75.